The zero-order chi connectivity index (χ0) is 22.8. The molecule has 1 aromatic heterocycles. The summed E-state index contributed by atoms with van der Waals surface area (Å²) in [6.45, 7) is 2.39. The van der Waals surface area contributed by atoms with Crippen molar-refractivity contribution in [1.29, 1.82) is 0 Å². The summed E-state index contributed by atoms with van der Waals surface area (Å²) < 4.78 is 6.09. The molecule has 0 aliphatic carbocycles. The molecule has 9 heteroatoms. The highest BCUT2D eigenvalue weighted by Gasteiger charge is 2.33. The minimum absolute atomic E-state index is 0.0109. The van der Waals surface area contributed by atoms with Crippen LogP contribution in [0.25, 0.3) is 0 Å². The maximum absolute atomic E-state index is 12.6. The van der Waals surface area contributed by atoms with Crippen molar-refractivity contribution in [2.45, 2.75) is 50.9 Å². The number of pyridine rings is 1. The summed E-state index contributed by atoms with van der Waals surface area (Å²) in [7, 11) is 0. The predicted molar refractivity (Wildman–Crippen MR) is 120 cm³/mol. The molecule has 3 aliphatic heterocycles. The number of fused-ring (bicyclic) bond motifs is 1. The number of ether oxygens (including phenoxy) is 1. The number of hydrogen-bond acceptors (Lipinski definition) is 5. The lowest BCUT2D eigenvalue weighted by Gasteiger charge is -2.33. The third-order valence-corrected chi connectivity index (χ3v) is 6.47. The number of urea groups is 1. The van der Waals surface area contributed by atoms with Gasteiger partial charge in [0, 0.05) is 63.5 Å². The molecule has 0 unspecified atom stereocenters. The zero-order valence-corrected chi connectivity index (χ0v) is 18.3. The van der Waals surface area contributed by atoms with Crippen molar-refractivity contribution in [2.75, 3.05) is 18.4 Å². The molecule has 0 spiro atoms. The minimum Gasteiger partial charge on any atom is -0.490 e. The first kappa shape index (κ1) is 21.2. The SMILES string of the molecule is O=C1CC[C@H](C(=O)N2CCC(Oc3ccc(NC(=O)N4Cc5ccncc5C4)cc3)CC2)N1. The van der Waals surface area contributed by atoms with Gasteiger partial charge >= 0.3 is 6.03 Å². The highest BCUT2D eigenvalue weighted by Crippen LogP contribution is 2.24. The molecule has 5 rings (SSSR count). The van der Waals surface area contributed by atoms with Crippen molar-refractivity contribution in [2.24, 2.45) is 0 Å². The number of carbonyl (C=O) groups is 3. The molecular formula is C24H27N5O4. The molecule has 3 aliphatic rings. The molecule has 0 saturated carbocycles. The summed E-state index contributed by atoms with van der Waals surface area (Å²) in [5.74, 6) is 0.700. The van der Waals surface area contributed by atoms with Crippen LogP contribution in [-0.2, 0) is 22.7 Å². The van der Waals surface area contributed by atoms with Crippen LogP contribution < -0.4 is 15.4 Å². The molecular weight excluding hydrogens is 422 g/mol. The first-order valence-corrected chi connectivity index (χ1v) is 11.4. The van der Waals surface area contributed by atoms with Crippen LogP contribution in [0, 0.1) is 0 Å². The van der Waals surface area contributed by atoms with Crippen LogP contribution in [0.1, 0.15) is 36.8 Å². The van der Waals surface area contributed by atoms with E-state index in [4.69, 9.17) is 4.74 Å². The van der Waals surface area contributed by atoms with Gasteiger partial charge in [0.05, 0.1) is 0 Å². The van der Waals surface area contributed by atoms with Gasteiger partial charge < -0.3 is 25.2 Å². The number of piperidine rings is 1. The van der Waals surface area contributed by atoms with Crippen LogP contribution in [-0.4, -0.2) is 57.9 Å². The quantitative estimate of drug-likeness (QED) is 0.745. The van der Waals surface area contributed by atoms with E-state index in [0.717, 1.165) is 29.7 Å². The number of nitrogens with zero attached hydrogens (tertiary/aromatic N) is 3. The monoisotopic (exact) mass is 449 g/mol. The fourth-order valence-corrected chi connectivity index (χ4v) is 4.59. The summed E-state index contributed by atoms with van der Waals surface area (Å²) >= 11 is 0. The number of amides is 4. The standard InChI is InChI=1S/C24H27N5O4/c30-22-6-5-21(27-22)23(31)28-11-8-20(9-12-28)33-19-3-1-18(2-4-19)26-24(32)29-14-16-7-10-25-13-17(16)15-29/h1-4,7,10,13,20-21H,5-6,8-9,11-12,14-15H2,(H,26,32)(H,27,30)/t21-/m1/s1. The lowest BCUT2D eigenvalue weighted by Crippen LogP contribution is -2.49. The molecule has 33 heavy (non-hydrogen) atoms. The van der Waals surface area contributed by atoms with Crippen LogP contribution in [0.2, 0.25) is 0 Å². The van der Waals surface area contributed by atoms with Gasteiger partial charge in [-0.25, -0.2) is 4.79 Å². The Balaban J connectivity index is 1.08. The van der Waals surface area contributed by atoms with Crippen LogP contribution in [0.3, 0.4) is 0 Å². The largest absolute Gasteiger partial charge is 0.490 e. The molecule has 172 valence electrons. The zero-order valence-electron chi connectivity index (χ0n) is 18.3. The Bertz CT molecular complexity index is 1020. The Morgan fingerprint density at radius 3 is 2.45 bits per heavy atom. The van der Waals surface area contributed by atoms with Crippen LogP contribution in [0.4, 0.5) is 10.5 Å². The van der Waals surface area contributed by atoms with Crippen LogP contribution >= 0.6 is 0 Å². The molecule has 1 aromatic carbocycles. The number of aromatic nitrogens is 1. The molecule has 2 fully saturated rings. The third-order valence-electron chi connectivity index (χ3n) is 6.47. The Morgan fingerprint density at radius 1 is 1.00 bits per heavy atom. The highest BCUT2D eigenvalue weighted by molar-refractivity contribution is 5.91. The van der Waals surface area contributed by atoms with Gasteiger partial charge in [0.25, 0.3) is 0 Å². The maximum atomic E-state index is 12.6. The molecule has 0 radical (unpaired) electrons. The summed E-state index contributed by atoms with van der Waals surface area (Å²) in [6, 6.07) is 8.80. The van der Waals surface area contributed by atoms with Gasteiger partial charge in [-0.05, 0) is 47.9 Å². The predicted octanol–water partition coefficient (Wildman–Crippen LogP) is 2.28. The first-order chi connectivity index (χ1) is 16.0. The van der Waals surface area contributed by atoms with Gasteiger partial charge in [-0.3, -0.25) is 14.6 Å². The number of hydrogen-bond donors (Lipinski definition) is 2. The van der Waals surface area contributed by atoms with E-state index in [-0.39, 0.29) is 30.0 Å². The molecule has 4 amide bonds. The van der Waals surface area contributed by atoms with Crippen molar-refractivity contribution in [3.8, 4) is 5.75 Å². The van der Waals surface area contributed by atoms with Crippen molar-refractivity contribution in [3.63, 3.8) is 0 Å². The third kappa shape index (κ3) is 4.76. The van der Waals surface area contributed by atoms with Gasteiger partial charge in [-0.2, -0.15) is 0 Å². The van der Waals surface area contributed by atoms with Gasteiger partial charge in [0.2, 0.25) is 11.8 Å². The Morgan fingerprint density at radius 2 is 1.76 bits per heavy atom. The van der Waals surface area contributed by atoms with E-state index >= 15 is 0 Å². The van der Waals surface area contributed by atoms with Crippen molar-refractivity contribution in [3.05, 3.63) is 53.9 Å². The van der Waals surface area contributed by atoms with E-state index in [1.165, 1.54) is 0 Å². The van der Waals surface area contributed by atoms with Gasteiger partial charge in [-0.15, -0.1) is 0 Å². The van der Waals surface area contributed by atoms with Gasteiger partial charge in [0.1, 0.15) is 17.9 Å². The number of nitrogens with one attached hydrogen (secondary N) is 2. The van der Waals surface area contributed by atoms with E-state index in [9.17, 15) is 14.4 Å². The smallest absolute Gasteiger partial charge is 0.322 e. The number of likely N-dealkylation sites (tertiary alicyclic amines) is 1. The lowest BCUT2D eigenvalue weighted by atomic mass is 10.1. The van der Waals surface area contributed by atoms with E-state index in [0.29, 0.717) is 44.7 Å². The average molecular weight is 450 g/mol. The highest BCUT2D eigenvalue weighted by atomic mass is 16.5. The topological polar surface area (TPSA) is 104 Å². The Hall–Kier alpha value is -3.62. The number of anilines is 1. The summed E-state index contributed by atoms with van der Waals surface area (Å²) in [4.78, 5) is 44.2. The molecule has 2 aromatic rings. The Labute approximate surface area is 192 Å². The van der Waals surface area contributed by atoms with Crippen molar-refractivity contribution < 1.29 is 19.1 Å². The number of carbonyl (C=O) groups excluding carboxylic acids is 3. The summed E-state index contributed by atoms with van der Waals surface area (Å²) in [5.41, 5.74) is 2.92. The van der Waals surface area contributed by atoms with E-state index in [1.54, 1.807) is 11.1 Å². The van der Waals surface area contributed by atoms with Crippen LogP contribution in [0.5, 0.6) is 5.75 Å². The van der Waals surface area contributed by atoms with E-state index in [2.05, 4.69) is 15.6 Å². The van der Waals surface area contributed by atoms with E-state index in [1.807, 2.05) is 41.4 Å². The van der Waals surface area contributed by atoms with E-state index < -0.39 is 0 Å². The molecule has 0 bridgehead atoms. The number of benzene rings is 1. The summed E-state index contributed by atoms with van der Waals surface area (Å²) in [6.07, 6.45) is 6.08. The van der Waals surface area contributed by atoms with Crippen LogP contribution in [0.15, 0.2) is 42.7 Å². The van der Waals surface area contributed by atoms with Gasteiger partial charge in [-0.1, -0.05) is 0 Å². The van der Waals surface area contributed by atoms with Crippen molar-refractivity contribution in [1.82, 2.24) is 20.1 Å². The first-order valence-electron chi connectivity index (χ1n) is 11.4. The normalized spacial score (nSPS) is 20.4. The fourth-order valence-electron chi connectivity index (χ4n) is 4.59. The fraction of sp³-hybridized carbons (Fsp3) is 0.417. The molecule has 4 heterocycles. The minimum atomic E-state index is -0.371. The van der Waals surface area contributed by atoms with Crippen molar-refractivity contribution >= 4 is 23.5 Å². The second-order valence-corrected chi connectivity index (χ2v) is 8.76. The maximum Gasteiger partial charge on any atom is 0.322 e. The second-order valence-electron chi connectivity index (χ2n) is 8.76. The number of rotatable bonds is 4. The lowest BCUT2D eigenvalue weighted by molar-refractivity contribution is -0.136. The molecule has 2 N–H and O–H groups in total. The molecule has 2 saturated heterocycles. The molecule has 1 atom stereocenters. The second kappa shape index (κ2) is 9.09. The van der Waals surface area contributed by atoms with Gasteiger partial charge in [0.15, 0.2) is 0 Å². The summed E-state index contributed by atoms with van der Waals surface area (Å²) in [5, 5.41) is 5.68. The Kier molecular flexibility index (Phi) is 5.85. The molecule has 9 nitrogen and oxygen atoms in total. The average Bonchev–Trinajstić information content (AvgIpc) is 3.47.